The summed E-state index contributed by atoms with van der Waals surface area (Å²) in [7, 11) is 0. The largest absolute Gasteiger partial charge is 0.390 e. The molecule has 53 valence electrons. The smallest absolute Gasteiger partial charge is 0.139 e. The Morgan fingerprint density at radius 2 is 2.56 bits per heavy atom. The Hall–Kier alpha value is -0.120. The molecule has 1 saturated heterocycles. The van der Waals surface area contributed by atoms with Crippen LogP contribution in [0.5, 0.6) is 0 Å². The summed E-state index contributed by atoms with van der Waals surface area (Å²) in [6.07, 6.45) is 0.319. The van der Waals surface area contributed by atoms with E-state index < -0.39 is 6.10 Å². The fraction of sp³-hybridized carbons (Fsp3) is 0.833. The number of aliphatic hydroxyl groups is 1. The van der Waals surface area contributed by atoms with Crippen LogP contribution in [0.1, 0.15) is 6.92 Å². The molecule has 0 saturated carbocycles. The van der Waals surface area contributed by atoms with Gasteiger partial charge >= 0.3 is 0 Å². The zero-order chi connectivity index (χ0) is 6.69. The van der Waals surface area contributed by atoms with E-state index >= 15 is 0 Å². The van der Waals surface area contributed by atoms with Crippen LogP contribution in [-0.4, -0.2) is 30.9 Å². The third-order valence-corrected chi connectivity index (χ3v) is 1.33. The number of hydrogen-bond donors (Lipinski definition) is 2. The molecule has 2 N–H and O–H groups in total. The van der Waals surface area contributed by atoms with Gasteiger partial charge in [0.2, 0.25) is 0 Å². The van der Waals surface area contributed by atoms with Gasteiger partial charge in [0, 0.05) is 13.1 Å². The Morgan fingerprint density at radius 1 is 1.78 bits per heavy atom. The molecule has 0 spiro atoms. The van der Waals surface area contributed by atoms with Crippen molar-refractivity contribution in [3.8, 4) is 0 Å². The molecule has 1 radical (unpaired) electrons. The molecule has 1 aliphatic heterocycles. The number of hydrogen-bond acceptors (Lipinski definition) is 3. The molecule has 1 fully saturated rings. The van der Waals surface area contributed by atoms with Gasteiger partial charge in [-0.25, -0.2) is 0 Å². The summed E-state index contributed by atoms with van der Waals surface area (Å²) >= 11 is 0. The first-order valence-electron chi connectivity index (χ1n) is 3.18. The van der Waals surface area contributed by atoms with Crippen molar-refractivity contribution in [2.45, 2.75) is 13.0 Å². The van der Waals surface area contributed by atoms with E-state index in [4.69, 9.17) is 9.84 Å². The number of aliphatic hydroxyl groups excluding tert-OH is 1. The SMILES string of the molecule is CC(O)[C]1CNCCO1. The second kappa shape index (κ2) is 3.15. The van der Waals surface area contributed by atoms with E-state index in [0.717, 1.165) is 12.6 Å². The maximum absolute atomic E-state index is 8.98. The highest BCUT2D eigenvalue weighted by atomic mass is 16.5. The van der Waals surface area contributed by atoms with E-state index in [1.165, 1.54) is 0 Å². The Balaban J connectivity index is 2.23. The second-order valence-electron chi connectivity index (χ2n) is 2.17. The van der Waals surface area contributed by atoms with Gasteiger partial charge in [0.15, 0.2) is 0 Å². The van der Waals surface area contributed by atoms with Gasteiger partial charge < -0.3 is 15.2 Å². The molecule has 9 heavy (non-hydrogen) atoms. The van der Waals surface area contributed by atoms with Crippen LogP contribution in [-0.2, 0) is 4.74 Å². The van der Waals surface area contributed by atoms with Crippen molar-refractivity contribution in [1.29, 1.82) is 0 Å². The molecule has 1 unspecified atom stereocenters. The Labute approximate surface area is 55.0 Å². The Morgan fingerprint density at radius 3 is 2.89 bits per heavy atom. The van der Waals surface area contributed by atoms with Crippen LogP contribution in [0.25, 0.3) is 0 Å². The highest BCUT2D eigenvalue weighted by Crippen LogP contribution is 2.08. The van der Waals surface area contributed by atoms with Crippen LogP contribution >= 0.6 is 0 Å². The monoisotopic (exact) mass is 130 g/mol. The average molecular weight is 130 g/mol. The van der Waals surface area contributed by atoms with Gasteiger partial charge in [0.25, 0.3) is 0 Å². The summed E-state index contributed by atoms with van der Waals surface area (Å²) in [5.74, 6) is 0. The van der Waals surface area contributed by atoms with Crippen molar-refractivity contribution in [3.63, 3.8) is 0 Å². The van der Waals surface area contributed by atoms with Crippen molar-refractivity contribution in [3.05, 3.63) is 6.10 Å². The van der Waals surface area contributed by atoms with Gasteiger partial charge in [-0.3, -0.25) is 0 Å². The minimum absolute atomic E-state index is 0.433. The van der Waals surface area contributed by atoms with Crippen LogP contribution in [0.15, 0.2) is 0 Å². The lowest BCUT2D eigenvalue weighted by Crippen LogP contribution is -2.38. The second-order valence-corrected chi connectivity index (χ2v) is 2.17. The van der Waals surface area contributed by atoms with Gasteiger partial charge in [-0.1, -0.05) is 0 Å². The van der Waals surface area contributed by atoms with Crippen LogP contribution in [0.4, 0.5) is 0 Å². The predicted molar refractivity (Wildman–Crippen MR) is 33.7 cm³/mol. The maximum Gasteiger partial charge on any atom is 0.139 e. The van der Waals surface area contributed by atoms with Gasteiger partial charge in [-0.15, -0.1) is 0 Å². The molecule has 0 aromatic rings. The predicted octanol–water partition coefficient (Wildman–Crippen LogP) is -0.481. The summed E-state index contributed by atoms with van der Waals surface area (Å²) < 4.78 is 5.14. The highest BCUT2D eigenvalue weighted by Gasteiger charge is 2.18. The Kier molecular flexibility index (Phi) is 2.45. The molecule has 3 heteroatoms. The maximum atomic E-state index is 8.98. The summed E-state index contributed by atoms with van der Waals surface area (Å²) in [5.41, 5.74) is 0. The van der Waals surface area contributed by atoms with Crippen LogP contribution in [0.2, 0.25) is 0 Å². The fourth-order valence-corrected chi connectivity index (χ4v) is 0.785. The molecule has 0 bridgehead atoms. The van der Waals surface area contributed by atoms with Crippen molar-refractivity contribution >= 4 is 0 Å². The topological polar surface area (TPSA) is 41.5 Å². The first kappa shape index (κ1) is 6.99. The number of nitrogens with one attached hydrogen (secondary N) is 1. The lowest BCUT2D eigenvalue weighted by atomic mass is 10.2. The molecule has 0 aromatic heterocycles. The molecule has 1 heterocycles. The van der Waals surface area contributed by atoms with Gasteiger partial charge in [-0.2, -0.15) is 0 Å². The molecular weight excluding hydrogens is 118 g/mol. The van der Waals surface area contributed by atoms with Crippen molar-refractivity contribution in [2.24, 2.45) is 0 Å². The first-order valence-corrected chi connectivity index (χ1v) is 3.18. The number of rotatable bonds is 1. The van der Waals surface area contributed by atoms with E-state index in [1.807, 2.05) is 0 Å². The van der Waals surface area contributed by atoms with E-state index in [2.05, 4.69) is 5.32 Å². The van der Waals surface area contributed by atoms with E-state index in [0.29, 0.717) is 13.2 Å². The van der Waals surface area contributed by atoms with E-state index in [1.54, 1.807) is 6.92 Å². The molecule has 0 aromatic carbocycles. The molecule has 0 aliphatic carbocycles. The zero-order valence-electron chi connectivity index (χ0n) is 5.55. The Bertz CT molecular complexity index is 79.1. The molecule has 1 rings (SSSR count). The fourth-order valence-electron chi connectivity index (χ4n) is 0.785. The third-order valence-electron chi connectivity index (χ3n) is 1.33. The molecule has 0 amide bonds. The number of ether oxygens (including phenoxy) is 1. The van der Waals surface area contributed by atoms with Gasteiger partial charge in [-0.05, 0) is 6.92 Å². The molecule has 1 atom stereocenters. The molecular formula is C6H12NO2. The lowest BCUT2D eigenvalue weighted by molar-refractivity contribution is 0.0318. The zero-order valence-corrected chi connectivity index (χ0v) is 5.55. The van der Waals surface area contributed by atoms with E-state index in [-0.39, 0.29) is 0 Å². The lowest BCUT2D eigenvalue weighted by Gasteiger charge is -2.24. The molecule has 3 nitrogen and oxygen atoms in total. The van der Waals surface area contributed by atoms with Crippen molar-refractivity contribution in [2.75, 3.05) is 19.7 Å². The average Bonchev–Trinajstić information content (AvgIpc) is 1.90. The normalized spacial score (nSPS) is 26.0. The summed E-state index contributed by atoms with van der Waals surface area (Å²) in [4.78, 5) is 0. The van der Waals surface area contributed by atoms with Crippen LogP contribution in [0.3, 0.4) is 0 Å². The van der Waals surface area contributed by atoms with Crippen molar-refractivity contribution < 1.29 is 9.84 Å². The first-order chi connectivity index (χ1) is 4.30. The minimum Gasteiger partial charge on any atom is -0.390 e. The van der Waals surface area contributed by atoms with E-state index in [9.17, 15) is 0 Å². The van der Waals surface area contributed by atoms with Crippen LogP contribution < -0.4 is 5.32 Å². The van der Waals surface area contributed by atoms with Gasteiger partial charge in [0.1, 0.15) is 6.10 Å². The summed E-state index contributed by atoms with van der Waals surface area (Å²) in [6, 6.07) is 0. The highest BCUT2D eigenvalue weighted by molar-refractivity contribution is 4.89. The summed E-state index contributed by atoms with van der Waals surface area (Å²) in [5, 5.41) is 12.1. The number of morpholine rings is 1. The molecule has 1 aliphatic rings. The third kappa shape index (κ3) is 1.93. The van der Waals surface area contributed by atoms with Gasteiger partial charge in [0.05, 0.1) is 12.7 Å². The minimum atomic E-state index is -0.433. The van der Waals surface area contributed by atoms with Crippen LogP contribution in [0, 0.1) is 6.10 Å². The van der Waals surface area contributed by atoms with Crippen molar-refractivity contribution in [1.82, 2.24) is 5.32 Å². The standard InChI is InChI=1S/C6H12NO2/c1-5(8)6-4-7-2-3-9-6/h5,7-8H,2-4H2,1H3. The summed E-state index contributed by atoms with van der Waals surface area (Å²) in [6.45, 7) is 3.97. The quantitative estimate of drug-likeness (QED) is 0.503.